The van der Waals surface area contributed by atoms with Crippen LogP contribution in [0, 0.1) is 13.8 Å². The van der Waals surface area contributed by atoms with Gasteiger partial charge in [0.15, 0.2) is 0 Å². The Labute approximate surface area is 253 Å². The van der Waals surface area contributed by atoms with E-state index in [-0.39, 0.29) is 17.3 Å². The molecule has 0 saturated carbocycles. The lowest BCUT2D eigenvalue weighted by atomic mass is 10.1. The summed E-state index contributed by atoms with van der Waals surface area (Å²) >= 11 is 12.4. The minimum absolute atomic E-state index is 0.0259. The van der Waals surface area contributed by atoms with Crippen LogP contribution in [0.4, 0.5) is 5.69 Å². The molecule has 3 aromatic rings. The molecule has 0 aliphatic carbocycles. The molecule has 0 fully saturated rings. The van der Waals surface area contributed by atoms with Gasteiger partial charge in [-0.05, 0) is 83.0 Å². The summed E-state index contributed by atoms with van der Waals surface area (Å²) in [6.45, 7) is 10.7. The maximum Gasteiger partial charge on any atom is 0.264 e. The molecule has 0 aliphatic rings. The lowest BCUT2D eigenvalue weighted by molar-refractivity contribution is -0.141. The summed E-state index contributed by atoms with van der Waals surface area (Å²) in [7, 11) is -4.13. The molecule has 7 nitrogen and oxygen atoms in total. The molecule has 0 bridgehead atoms. The third-order valence-corrected chi connectivity index (χ3v) is 8.96. The molecule has 0 aliphatic heterocycles. The zero-order chi connectivity index (χ0) is 30.5. The highest BCUT2D eigenvalue weighted by atomic mass is 35.5. The van der Waals surface area contributed by atoms with Crippen LogP contribution < -0.4 is 9.62 Å². The van der Waals surface area contributed by atoms with Crippen molar-refractivity contribution in [2.75, 3.05) is 10.8 Å². The fraction of sp³-hybridized carbons (Fsp3) is 0.355. The summed E-state index contributed by atoms with van der Waals surface area (Å²) in [6.07, 6.45) is 0.310. The van der Waals surface area contributed by atoms with Gasteiger partial charge in [0.25, 0.3) is 10.0 Å². The number of anilines is 1. The number of benzene rings is 3. The van der Waals surface area contributed by atoms with Crippen molar-refractivity contribution in [1.82, 2.24) is 10.2 Å². The van der Waals surface area contributed by atoms with Gasteiger partial charge in [-0.1, -0.05) is 71.6 Å². The van der Waals surface area contributed by atoms with Gasteiger partial charge in [0, 0.05) is 12.1 Å². The second-order valence-corrected chi connectivity index (χ2v) is 13.8. The number of hydrogen-bond donors (Lipinski definition) is 1. The van der Waals surface area contributed by atoms with Gasteiger partial charge >= 0.3 is 0 Å². The SMILES string of the molecule is CC[C@@H](C(=O)NC(C)(C)C)N(Cc1ccc(Cl)c(Cl)c1)C(=O)CN(c1ccc(C)cc1)S(=O)(=O)c1ccc(C)cc1. The quantitative estimate of drug-likeness (QED) is 0.280. The van der Waals surface area contributed by atoms with E-state index in [1.54, 1.807) is 54.6 Å². The van der Waals surface area contributed by atoms with E-state index in [0.717, 1.165) is 15.4 Å². The molecule has 2 amide bonds. The molecule has 3 aromatic carbocycles. The summed E-state index contributed by atoms with van der Waals surface area (Å²) in [5.74, 6) is -0.875. The number of aryl methyl sites for hydroxylation is 2. The van der Waals surface area contributed by atoms with Crippen molar-refractivity contribution in [2.24, 2.45) is 0 Å². The van der Waals surface area contributed by atoms with E-state index in [0.29, 0.717) is 27.7 Å². The predicted molar refractivity (Wildman–Crippen MR) is 166 cm³/mol. The highest BCUT2D eigenvalue weighted by Crippen LogP contribution is 2.27. The van der Waals surface area contributed by atoms with E-state index >= 15 is 0 Å². The van der Waals surface area contributed by atoms with E-state index in [9.17, 15) is 18.0 Å². The Morgan fingerprint density at radius 1 is 0.878 bits per heavy atom. The number of carbonyl (C=O) groups is 2. The summed E-state index contributed by atoms with van der Waals surface area (Å²) in [5.41, 5.74) is 2.31. The maximum absolute atomic E-state index is 14.1. The van der Waals surface area contributed by atoms with Crippen molar-refractivity contribution in [3.63, 3.8) is 0 Å². The Kier molecular flexibility index (Phi) is 10.5. The van der Waals surface area contributed by atoms with Crippen LogP contribution >= 0.6 is 23.2 Å². The molecule has 1 N–H and O–H groups in total. The molecule has 0 spiro atoms. The van der Waals surface area contributed by atoms with Crippen LogP contribution in [0.25, 0.3) is 0 Å². The molecule has 220 valence electrons. The van der Waals surface area contributed by atoms with Gasteiger partial charge in [-0.25, -0.2) is 8.42 Å². The highest BCUT2D eigenvalue weighted by Gasteiger charge is 2.34. The zero-order valence-electron chi connectivity index (χ0n) is 24.2. The molecule has 0 aromatic heterocycles. The average molecular weight is 619 g/mol. The van der Waals surface area contributed by atoms with Crippen LogP contribution in [0.15, 0.2) is 71.6 Å². The largest absolute Gasteiger partial charge is 0.350 e. The lowest BCUT2D eigenvalue weighted by Gasteiger charge is -2.35. The second kappa shape index (κ2) is 13.3. The third kappa shape index (κ3) is 8.47. The molecule has 10 heteroatoms. The minimum atomic E-state index is -4.13. The number of hydrogen-bond acceptors (Lipinski definition) is 4. The zero-order valence-corrected chi connectivity index (χ0v) is 26.6. The highest BCUT2D eigenvalue weighted by molar-refractivity contribution is 7.92. The van der Waals surface area contributed by atoms with E-state index < -0.39 is 34.1 Å². The smallest absolute Gasteiger partial charge is 0.264 e. The van der Waals surface area contributed by atoms with Crippen LogP contribution in [0.3, 0.4) is 0 Å². The first-order valence-electron chi connectivity index (χ1n) is 13.3. The van der Waals surface area contributed by atoms with Gasteiger partial charge in [-0.3, -0.25) is 13.9 Å². The summed E-state index contributed by atoms with van der Waals surface area (Å²) in [6, 6.07) is 17.5. The average Bonchev–Trinajstić information content (AvgIpc) is 2.89. The van der Waals surface area contributed by atoms with E-state index in [4.69, 9.17) is 23.2 Å². The molecule has 41 heavy (non-hydrogen) atoms. The Bertz CT molecular complexity index is 1490. The van der Waals surface area contributed by atoms with Crippen molar-refractivity contribution in [3.8, 4) is 0 Å². The van der Waals surface area contributed by atoms with Crippen LogP contribution in [0.2, 0.25) is 10.0 Å². The Balaban J connectivity index is 2.08. The standard InChI is InChI=1S/C31H37Cl2N3O4S/c1-7-28(30(38)34-31(4,5)6)35(19-23-12-17-26(32)27(33)18-23)29(37)20-36(24-13-8-21(2)9-14-24)41(39,40)25-15-10-22(3)11-16-25/h8-18,28H,7,19-20H2,1-6H3,(H,34,38)/t28-/m0/s1. The normalized spacial score (nSPS) is 12.5. The van der Waals surface area contributed by atoms with E-state index in [2.05, 4.69) is 5.32 Å². The monoisotopic (exact) mass is 617 g/mol. The Morgan fingerprint density at radius 2 is 1.44 bits per heavy atom. The molecule has 0 heterocycles. The van der Waals surface area contributed by atoms with Crippen LogP contribution in [-0.2, 0) is 26.2 Å². The number of halogens is 2. The van der Waals surface area contributed by atoms with Crippen molar-refractivity contribution in [3.05, 3.63) is 93.5 Å². The molecular formula is C31H37Cl2N3O4S. The first kappa shape index (κ1) is 32.4. The fourth-order valence-corrected chi connectivity index (χ4v) is 6.02. The van der Waals surface area contributed by atoms with Crippen molar-refractivity contribution in [1.29, 1.82) is 0 Å². The molecule has 0 saturated heterocycles. The van der Waals surface area contributed by atoms with Gasteiger partial charge < -0.3 is 10.2 Å². The first-order valence-corrected chi connectivity index (χ1v) is 15.5. The van der Waals surface area contributed by atoms with E-state index in [1.165, 1.54) is 17.0 Å². The molecule has 0 radical (unpaired) electrons. The number of rotatable bonds is 10. The lowest BCUT2D eigenvalue weighted by Crippen LogP contribution is -2.55. The second-order valence-electron chi connectivity index (χ2n) is 11.1. The van der Waals surface area contributed by atoms with Crippen LogP contribution in [0.5, 0.6) is 0 Å². The maximum atomic E-state index is 14.1. The molecule has 0 unspecified atom stereocenters. The number of nitrogens with zero attached hydrogens (tertiary/aromatic N) is 2. The van der Waals surface area contributed by atoms with Crippen molar-refractivity contribution in [2.45, 2.75) is 71.0 Å². The van der Waals surface area contributed by atoms with Gasteiger partial charge in [0.1, 0.15) is 12.6 Å². The van der Waals surface area contributed by atoms with Crippen LogP contribution in [-0.4, -0.2) is 43.3 Å². The molecule has 1 atom stereocenters. The van der Waals surface area contributed by atoms with Gasteiger partial charge in [0.2, 0.25) is 11.8 Å². The fourth-order valence-electron chi connectivity index (χ4n) is 4.28. The Morgan fingerprint density at radius 3 is 1.95 bits per heavy atom. The van der Waals surface area contributed by atoms with Crippen molar-refractivity contribution >= 4 is 50.7 Å². The molecule has 3 rings (SSSR count). The predicted octanol–water partition coefficient (Wildman–Crippen LogP) is 6.53. The summed E-state index contributed by atoms with van der Waals surface area (Å²) < 4.78 is 29.0. The summed E-state index contributed by atoms with van der Waals surface area (Å²) in [5, 5.41) is 3.63. The van der Waals surface area contributed by atoms with Gasteiger partial charge in [-0.15, -0.1) is 0 Å². The summed E-state index contributed by atoms with van der Waals surface area (Å²) in [4.78, 5) is 29.0. The minimum Gasteiger partial charge on any atom is -0.350 e. The Hall–Kier alpha value is -3.07. The van der Waals surface area contributed by atoms with Crippen molar-refractivity contribution < 1.29 is 18.0 Å². The number of nitrogens with one attached hydrogen (secondary N) is 1. The molecular weight excluding hydrogens is 581 g/mol. The van der Waals surface area contributed by atoms with E-state index in [1.807, 2.05) is 41.5 Å². The van der Waals surface area contributed by atoms with Gasteiger partial charge in [-0.2, -0.15) is 0 Å². The third-order valence-electron chi connectivity index (χ3n) is 6.43. The van der Waals surface area contributed by atoms with Crippen LogP contribution in [0.1, 0.15) is 50.8 Å². The topological polar surface area (TPSA) is 86.8 Å². The van der Waals surface area contributed by atoms with Gasteiger partial charge in [0.05, 0.1) is 20.6 Å². The number of carbonyl (C=O) groups excluding carboxylic acids is 2. The first-order chi connectivity index (χ1) is 19.1. The number of amides is 2. The number of sulfonamides is 1.